The first-order chi connectivity index (χ1) is 17.4. The highest BCUT2D eigenvalue weighted by Gasteiger charge is 2.65. The summed E-state index contributed by atoms with van der Waals surface area (Å²) in [7, 11) is -9.91. The van der Waals surface area contributed by atoms with Crippen molar-refractivity contribution in [1.29, 1.82) is 10.5 Å². The van der Waals surface area contributed by atoms with E-state index in [1.807, 2.05) is 12.1 Å². The lowest BCUT2D eigenvalue weighted by Crippen LogP contribution is -2.49. The lowest BCUT2D eigenvalue weighted by atomic mass is 10.0. The van der Waals surface area contributed by atoms with Gasteiger partial charge in [-0.25, -0.2) is 0 Å². The number of nitrogens with zero attached hydrogens (tertiary/aromatic N) is 2. The van der Waals surface area contributed by atoms with Crippen LogP contribution in [-0.2, 0) is 0 Å². The zero-order valence-electron chi connectivity index (χ0n) is 19.2. The smallest absolute Gasteiger partial charge is 0.310 e. The van der Waals surface area contributed by atoms with Crippen LogP contribution in [0.2, 0.25) is 10.0 Å². The number of nitrogens with one attached hydrogen (secondary N) is 1. The minimum Gasteiger partial charge on any atom is -0.486 e. The van der Waals surface area contributed by atoms with Gasteiger partial charge in [0.15, 0.2) is 17.0 Å². The van der Waals surface area contributed by atoms with Crippen LogP contribution in [-0.4, -0.2) is 18.1 Å². The van der Waals surface area contributed by atoms with Crippen LogP contribution in [0.15, 0.2) is 65.6 Å². The molecule has 0 radical (unpaired) electrons. The van der Waals surface area contributed by atoms with E-state index in [2.05, 4.69) is 5.32 Å². The molecular weight excluding hydrogens is 576 g/mol. The van der Waals surface area contributed by atoms with E-state index in [4.69, 9.17) is 32.7 Å². The van der Waals surface area contributed by atoms with Gasteiger partial charge < -0.3 is 14.8 Å². The zero-order chi connectivity index (χ0) is 28.4. The summed E-state index contributed by atoms with van der Waals surface area (Å²) in [6.07, 6.45) is 0. The first kappa shape index (κ1) is 28.9. The molecule has 6 nitrogen and oxygen atoms in total. The molecule has 0 aliphatic carbocycles. The summed E-state index contributed by atoms with van der Waals surface area (Å²) in [5, 5.41) is 21.7. The van der Waals surface area contributed by atoms with E-state index >= 15 is 0 Å². The number of rotatable bonds is 8. The molecule has 3 aromatic carbocycles. The summed E-state index contributed by atoms with van der Waals surface area (Å²) in [4.78, 5) is 10.4. The molecule has 200 valence electrons. The fourth-order valence-corrected chi connectivity index (χ4v) is 4.05. The van der Waals surface area contributed by atoms with E-state index in [1.165, 1.54) is 43.3 Å². The fraction of sp³-hybridized carbons (Fsp3) is 0.125. The number of benzene rings is 3. The van der Waals surface area contributed by atoms with Crippen molar-refractivity contribution in [3.05, 3.63) is 81.8 Å². The molecule has 1 atom stereocenters. The van der Waals surface area contributed by atoms with E-state index < -0.39 is 38.7 Å². The first-order valence-corrected chi connectivity index (χ1v) is 13.0. The molecule has 0 saturated heterocycles. The van der Waals surface area contributed by atoms with Crippen molar-refractivity contribution in [2.45, 2.75) is 17.4 Å². The third-order valence-corrected chi connectivity index (χ3v) is 6.59. The predicted molar refractivity (Wildman–Crippen MR) is 133 cm³/mol. The zero-order valence-corrected chi connectivity index (χ0v) is 21.5. The van der Waals surface area contributed by atoms with E-state index in [0.29, 0.717) is 17.2 Å². The molecule has 3 rings (SSSR count). The number of hydrogen-bond acceptors (Lipinski definition) is 5. The Kier molecular flexibility index (Phi) is 7.25. The topological polar surface area (TPSA) is 95.1 Å². The maximum Gasteiger partial charge on any atom is 0.310 e. The molecule has 0 unspecified atom stereocenters. The molecule has 0 fully saturated rings. The summed E-state index contributed by atoms with van der Waals surface area (Å²) >= 11 is 12.0. The summed E-state index contributed by atoms with van der Waals surface area (Å²) in [6.45, 7) is 0.761. The Morgan fingerprint density at radius 3 is 2.13 bits per heavy atom. The minimum atomic E-state index is -9.91. The molecule has 0 heterocycles. The van der Waals surface area contributed by atoms with Gasteiger partial charge in [0.25, 0.3) is 5.91 Å². The second-order valence-corrected chi connectivity index (χ2v) is 11.4. The third-order valence-electron chi connectivity index (χ3n) is 4.90. The molecule has 14 heteroatoms. The van der Waals surface area contributed by atoms with Crippen LogP contribution >= 0.6 is 33.4 Å². The third kappa shape index (κ3) is 7.19. The van der Waals surface area contributed by atoms with Crippen LogP contribution in [0.3, 0.4) is 0 Å². The molecule has 1 N–H and O–H groups in total. The maximum absolute atomic E-state index is 12.9. The summed E-state index contributed by atoms with van der Waals surface area (Å²) in [6, 6.07) is 13.7. The summed E-state index contributed by atoms with van der Waals surface area (Å²) in [5.74, 6) is -0.698. The van der Waals surface area contributed by atoms with Crippen molar-refractivity contribution in [3.8, 4) is 29.4 Å². The van der Waals surface area contributed by atoms with Crippen molar-refractivity contribution in [2.75, 3.05) is 6.61 Å². The Morgan fingerprint density at radius 2 is 1.58 bits per heavy atom. The van der Waals surface area contributed by atoms with Gasteiger partial charge in [0.1, 0.15) is 17.3 Å². The van der Waals surface area contributed by atoms with Gasteiger partial charge in [0.05, 0.1) is 22.7 Å². The van der Waals surface area contributed by atoms with Crippen LogP contribution in [0, 0.1) is 22.7 Å². The Bertz CT molecular complexity index is 1490. The monoisotopic (exact) mass is 591 g/mol. The first-order valence-electron chi connectivity index (χ1n) is 10.3. The van der Waals surface area contributed by atoms with E-state index in [0.717, 1.165) is 0 Å². The normalized spacial score (nSPS) is 14.6. The number of ether oxygens (including phenoxy) is 2. The SMILES string of the molecule is C[C@@](C#N)(COc1cc(C#N)ccc1Oc1ccc(Cl)cc1Cl)NC(=O)c1ccc(S(F)(F)(F)(F)F)cc1. The largest absolute Gasteiger partial charge is 0.486 e. The molecular formula is C24H16Cl2F5N3O3S. The second kappa shape index (κ2) is 9.55. The van der Waals surface area contributed by atoms with Crippen LogP contribution in [0.25, 0.3) is 0 Å². The molecule has 0 bridgehead atoms. The van der Waals surface area contributed by atoms with Gasteiger partial charge in [-0.05, 0) is 61.5 Å². The number of halogens is 7. The number of amides is 1. The summed E-state index contributed by atoms with van der Waals surface area (Å²) < 4.78 is 76.1. The average Bonchev–Trinajstić information content (AvgIpc) is 2.83. The van der Waals surface area contributed by atoms with Crippen LogP contribution in [0.5, 0.6) is 17.2 Å². The second-order valence-electron chi connectivity index (χ2n) is 8.13. The van der Waals surface area contributed by atoms with Crippen LogP contribution in [0.1, 0.15) is 22.8 Å². The van der Waals surface area contributed by atoms with Crippen LogP contribution in [0.4, 0.5) is 19.4 Å². The Hall–Kier alpha value is -3.71. The van der Waals surface area contributed by atoms with E-state index in [1.54, 1.807) is 0 Å². The predicted octanol–water partition coefficient (Wildman–Crippen LogP) is 8.41. The van der Waals surface area contributed by atoms with Gasteiger partial charge in [-0.15, -0.1) is 0 Å². The van der Waals surface area contributed by atoms with Crippen molar-refractivity contribution in [3.63, 3.8) is 0 Å². The van der Waals surface area contributed by atoms with Gasteiger partial charge in [0.2, 0.25) is 0 Å². The molecule has 0 aromatic heterocycles. The summed E-state index contributed by atoms with van der Waals surface area (Å²) in [5.41, 5.74) is -1.96. The Labute approximate surface area is 223 Å². The molecule has 1 amide bonds. The van der Waals surface area contributed by atoms with Gasteiger partial charge >= 0.3 is 10.2 Å². The van der Waals surface area contributed by atoms with Crippen molar-refractivity contribution >= 4 is 39.3 Å². The molecule has 0 aliphatic rings. The van der Waals surface area contributed by atoms with Gasteiger partial charge in [-0.3, -0.25) is 4.79 Å². The molecule has 0 aliphatic heterocycles. The maximum atomic E-state index is 12.9. The number of nitriles is 2. The minimum absolute atomic E-state index is 0.00558. The fourth-order valence-electron chi connectivity index (χ4n) is 2.96. The van der Waals surface area contributed by atoms with Crippen molar-refractivity contribution in [2.24, 2.45) is 0 Å². The van der Waals surface area contributed by atoms with Crippen molar-refractivity contribution in [1.82, 2.24) is 5.32 Å². The molecule has 0 spiro atoms. The molecule has 0 saturated carbocycles. The standard InChI is InChI=1S/C24H16Cl2F5N3O3S/c1-24(13-33,34-23(35)16-3-6-18(7-4-16)38(27,28,29,30)31)14-36-22-10-15(12-32)2-8-21(22)37-20-9-5-17(25)11-19(20)26/h2-11H,14H2,1H3,(H,34,35)/t24-/m1/s1. The lowest BCUT2D eigenvalue weighted by Gasteiger charge is -2.40. The average molecular weight is 592 g/mol. The Morgan fingerprint density at radius 1 is 0.947 bits per heavy atom. The number of hydrogen-bond donors (Lipinski definition) is 1. The van der Waals surface area contributed by atoms with E-state index in [9.17, 15) is 34.7 Å². The highest BCUT2D eigenvalue weighted by atomic mass is 35.5. The number of carbonyl (C=O) groups excluding carboxylic acids is 1. The van der Waals surface area contributed by atoms with E-state index in [-0.39, 0.29) is 40.0 Å². The van der Waals surface area contributed by atoms with Crippen molar-refractivity contribution < 1.29 is 33.7 Å². The Balaban J connectivity index is 1.80. The molecule has 38 heavy (non-hydrogen) atoms. The van der Waals surface area contributed by atoms with Gasteiger partial charge in [-0.2, -0.15) is 10.5 Å². The lowest BCUT2D eigenvalue weighted by molar-refractivity contribution is 0.0900. The highest BCUT2D eigenvalue weighted by molar-refractivity contribution is 8.45. The highest BCUT2D eigenvalue weighted by Crippen LogP contribution is 3.02. The van der Waals surface area contributed by atoms with Crippen LogP contribution < -0.4 is 14.8 Å². The van der Waals surface area contributed by atoms with Gasteiger partial charge in [0, 0.05) is 16.7 Å². The number of carbonyl (C=O) groups is 1. The molecule has 3 aromatic rings. The van der Waals surface area contributed by atoms with Gasteiger partial charge in [-0.1, -0.05) is 42.6 Å². The quantitative estimate of drug-likeness (QED) is 0.265.